The molecule has 0 amide bonds. The van der Waals surface area contributed by atoms with Crippen LogP contribution in [0.25, 0.3) is 5.69 Å². The Morgan fingerprint density at radius 1 is 1.28 bits per heavy atom. The largest absolute Gasteiger partial charge is 0.308 e. The van der Waals surface area contributed by atoms with Crippen LogP contribution in [0, 0.1) is 0 Å². The fourth-order valence-corrected chi connectivity index (χ4v) is 2.57. The zero-order valence-electron chi connectivity index (χ0n) is 9.74. The second-order valence-corrected chi connectivity index (χ2v) is 6.27. The predicted molar refractivity (Wildman–Crippen MR) is 78.8 cm³/mol. The van der Waals surface area contributed by atoms with Crippen molar-refractivity contribution in [2.24, 2.45) is 0 Å². The molecule has 0 atom stereocenters. The van der Waals surface area contributed by atoms with Gasteiger partial charge in [0.25, 0.3) is 0 Å². The molecule has 5 heteroatoms. The normalized spacial score (nSPS) is 15.0. The first-order chi connectivity index (χ1) is 8.72. The second kappa shape index (κ2) is 5.15. The van der Waals surface area contributed by atoms with Gasteiger partial charge in [-0.1, -0.05) is 15.9 Å². The monoisotopic (exact) mass is 369 g/mol. The van der Waals surface area contributed by atoms with Crippen molar-refractivity contribution in [1.29, 1.82) is 0 Å². The number of benzene rings is 1. The van der Waals surface area contributed by atoms with Gasteiger partial charge in [0.05, 0.1) is 11.4 Å². The minimum Gasteiger partial charge on any atom is -0.308 e. The van der Waals surface area contributed by atoms with E-state index < -0.39 is 0 Å². The summed E-state index contributed by atoms with van der Waals surface area (Å²) < 4.78 is 3.99. The van der Waals surface area contributed by atoms with Crippen LogP contribution in [-0.4, -0.2) is 15.8 Å². The molecule has 94 valence electrons. The van der Waals surface area contributed by atoms with Crippen molar-refractivity contribution in [3.63, 3.8) is 0 Å². The Morgan fingerprint density at radius 3 is 2.89 bits per heavy atom. The van der Waals surface area contributed by atoms with Gasteiger partial charge < -0.3 is 5.32 Å². The molecule has 0 aliphatic heterocycles. The molecule has 1 aliphatic rings. The van der Waals surface area contributed by atoms with Gasteiger partial charge in [0, 0.05) is 27.7 Å². The summed E-state index contributed by atoms with van der Waals surface area (Å²) in [5.41, 5.74) is 2.12. The van der Waals surface area contributed by atoms with E-state index in [-0.39, 0.29) is 0 Å². The third-order valence-corrected chi connectivity index (χ3v) is 4.11. The average molecular weight is 371 g/mol. The number of hydrogen-bond acceptors (Lipinski definition) is 2. The van der Waals surface area contributed by atoms with Crippen molar-refractivity contribution < 1.29 is 0 Å². The minimum atomic E-state index is 0.716. The number of rotatable bonds is 4. The smallest absolute Gasteiger partial charge is 0.0798 e. The Balaban J connectivity index is 1.80. The van der Waals surface area contributed by atoms with E-state index in [1.54, 1.807) is 0 Å². The molecule has 1 aromatic heterocycles. The maximum absolute atomic E-state index is 4.59. The molecule has 1 fully saturated rings. The molecule has 2 aromatic rings. The molecule has 1 saturated carbocycles. The summed E-state index contributed by atoms with van der Waals surface area (Å²) in [6.45, 7) is 0.850. The molecule has 0 radical (unpaired) electrons. The summed E-state index contributed by atoms with van der Waals surface area (Å²) in [6, 6.07) is 8.85. The second-order valence-electron chi connectivity index (χ2n) is 4.50. The summed E-state index contributed by atoms with van der Waals surface area (Å²) in [5, 5.41) is 8.05. The van der Waals surface area contributed by atoms with Gasteiger partial charge in [-0.05, 0) is 53.0 Å². The zero-order chi connectivity index (χ0) is 12.5. The topological polar surface area (TPSA) is 29.9 Å². The van der Waals surface area contributed by atoms with E-state index in [4.69, 9.17) is 0 Å². The van der Waals surface area contributed by atoms with Crippen molar-refractivity contribution in [3.05, 3.63) is 45.1 Å². The molecule has 3 rings (SSSR count). The van der Waals surface area contributed by atoms with Crippen LogP contribution in [0.1, 0.15) is 18.5 Å². The third-order valence-electron chi connectivity index (χ3n) is 2.95. The first kappa shape index (κ1) is 12.4. The molecule has 1 aliphatic carbocycles. The van der Waals surface area contributed by atoms with Crippen molar-refractivity contribution in [2.75, 3.05) is 0 Å². The van der Waals surface area contributed by atoms with Crippen LogP contribution < -0.4 is 5.32 Å². The van der Waals surface area contributed by atoms with Gasteiger partial charge in [0.15, 0.2) is 0 Å². The van der Waals surface area contributed by atoms with Crippen molar-refractivity contribution >= 4 is 31.9 Å². The molecule has 18 heavy (non-hydrogen) atoms. The van der Waals surface area contributed by atoms with Crippen molar-refractivity contribution in [2.45, 2.75) is 25.4 Å². The Morgan fingerprint density at radius 2 is 2.11 bits per heavy atom. The lowest BCUT2D eigenvalue weighted by atomic mass is 10.3. The summed E-state index contributed by atoms with van der Waals surface area (Å²) in [6.07, 6.45) is 4.60. The first-order valence-electron chi connectivity index (χ1n) is 5.96. The molecule has 0 unspecified atom stereocenters. The number of halogens is 2. The lowest BCUT2D eigenvalue weighted by Crippen LogP contribution is -2.15. The van der Waals surface area contributed by atoms with Crippen LogP contribution in [0.15, 0.2) is 39.4 Å². The predicted octanol–water partition coefficient (Wildman–Crippen LogP) is 3.65. The molecular formula is C13H13Br2N3. The summed E-state index contributed by atoms with van der Waals surface area (Å²) in [5.74, 6) is 0. The maximum Gasteiger partial charge on any atom is 0.0798 e. The SMILES string of the molecule is Brc1ccc(Br)c(-n2ccc(CNC3CC3)n2)c1. The number of hydrogen-bond donors (Lipinski definition) is 1. The van der Waals surface area contributed by atoms with Crippen LogP contribution in [-0.2, 0) is 6.54 Å². The summed E-state index contributed by atoms with van der Waals surface area (Å²) in [4.78, 5) is 0. The molecule has 1 aromatic carbocycles. The lowest BCUT2D eigenvalue weighted by molar-refractivity contribution is 0.664. The molecule has 1 N–H and O–H groups in total. The Kier molecular flexibility index (Phi) is 3.54. The van der Waals surface area contributed by atoms with E-state index in [0.717, 1.165) is 26.9 Å². The van der Waals surface area contributed by atoms with E-state index in [0.29, 0.717) is 6.04 Å². The van der Waals surface area contributed by atoms with Gasteiger partial charge in [-0.15, -0.1) is 0 Å². The van der Waals surface area contributed by atoms with Gasteiger partial charge in [0.1, 0.15) is 0 Å². The quantitative estimate of drug-likeness (QED) is 0.890. The fourth-order valence-electron chi connectivity index (χ4n) is 1.79. The summed E-state index contributed by atoms with van der Waals surface area (Å²) >= 11 is 7.04. The molecule has 1 heterocycles. The van der Waals surface area contributed by atoms with E-state index in [1.165, 1.54) is 12.8 Å². The summed E-state index contributed by atoms with van der Waals surface area (Å²) in [7, 11) is 0. The van der Waals surface area contributed by atoms with Gasteiger partial charge >= 0.3 is 0 Å². The molecule has 0 bridgehead atoms. The van der Waals surface area contributed by atoms with Gasteiger partial charge in [-0.25, -0.2) is 4.68 Å². The standard InChI is InChI=1S/C13H13Br2N3/c14-9-1-4-12(15)13(7-9)18-6-5-11(17-18)8-16-10-2-3-10/h1,4-7,10,16H,2-3,8H2. The number of nitrogens with zero attached hydrogens (tertiary/aromatic N) is 2. The van der Waals surface area contributed by atoms with Gasteiger partial charge in [-0.3, -0.25) is 0 Å². The number of nitrogens with one attached hydrogen (secondary N) is 1. The van der Waals surface area contributed by atoms with E-state index in [1.807, 2.05) is 23.0 Å². The van der Waals surface area contributed by atoms with Gasteiger partial charge in [0.2, 0.25) is 0 Å². The van der Waals surface area contributed by atoms with Crippen LogP contribution in [0.4, 0.5) is 0 Å². The Hall–Kier alpha value is -0.650. The van der Waals surface area contributed by atoms with Crippen molar-refractivity contribution in [1.82, 2.24) is 15.1 Å². The van der Waals surface area contributed by atoms with E-state index in [2.05, 4.69) is 54.4 Å². The van der Waals surface area contributed by atoms with Gasteiger partial charge in [-0.2, -0.15) is 5.10 Å². The minimum absolute atomic E-state index is 0.716. The highest BCUT2D eigenvalue weighted by molar-refractivity contribution is 9.11. The Bertz CT molecular complexity index is 561. The van der Waals surface area contributed by atoms with Crippen LogP contribution in [0.2, 0.25) is 0 Å². The average Bonchev–Trinajstić information content (AvgIpc) is 3.08. The van der Waals surface area contributed by atoms with Crippen LogP contribution >= 0.6 is 31.9 Å². The maximum atomic E-state index is 4.59. The molecular weight excluding hydrogens is 358 g/mol. The molecule has 0 spiro atoms. The molecule has 3 nitrogen and oxygen atoms in total. The highest BCUT2D eigenvalue weighted by Crippen LogP contribution is 2.25. The highest BCUT2D eigenvalue weighted by Gasteiger charge is 2.20. The van der Waals surface area contributed by atoms with E-state index in [9.17, 15) is 0 Å². The molecule has 0 saturated heterocycles. The zero-order valence-corrected chi connectivity index (χ0v) is 12.9. The van der Waals surface area contributed by atoms with Crippen LogP contribution in [0.5, 0.6) is 0 Å². The highest BCUT2D eigenvalue weighted by atomic mass is 79.9. The fraction of sp³-hybridized carbons (Fsp3) is 0.308. The Labute approximate surface area is 123 Å². The van der Waals surface area contributed by atoms with Crippen molar-refractivity contribution in [3.8, 4) is 5.69 Å². The first-order valence-corrected chi connectivity index (χ1v) is 7.54. The van der Waals surface area contributed by atoms with Crippen LogP contribution in [0.3, 0.4) is 0 Å². The third kappa shape index (κ3) is 2.84. The lowest BCUT2D eigenvalue weighted by Gasteiger charge is -2.05. The number of aromatic nitrogens is 2. The van der Waals surface area contributed by atoms with E-state index >= 15 is 0 Å².